The average molecular weight is 237 g/mol. The second-order valence-electron chi connectivity index (χ2n) is 3.20. The van der Waals surface area contributed by atoms with Crippen molar-refractivity contribution in [1.29, 1.82) is 0 Å². The molecular weight excluding hydrogens is 226 g/mol. The molecule has 0 saturated carbocycles. The van der Waals surface area contributed by atoms with Crippen molar-refractivity contribution in [2.45, 2.75) is 13.3 Å². The number of benzene rings is 1. The number of nitrogens with zero attached hydrogens (tertiary/aromatic N) is 2. The van der Waals surface area contributed by atoms with Gasteiger partial charge in [0.2, 0.25) is 5.91 Å². The van der Waals surface area contributed by atoms with E-state index in [1.165, 1.54) is 31.2 Å². The van der Waals surface area contributed by atoms with Gasteiger partial charge in [-0.2, -0.15) is 0 Å². The van der Waals surface area contributed by atoms with Gasteiger partial charge in [-0.15, -0.1) is 0 Å². The predicted molar refractivity (Wildman–Crippen MR) is 58.8 cm³/mol. The van der Waals surface area contributed by atoms with Gasteiger partial charge in [-0.05, 0) is 6.07 Å². The molecule has 7 heteroatoms. The van der Waals surface area contributed by atoms with Crippen molar-refractivity contribution in [3.8, 4) is 0 Å². The lowest BCUT2D eigenvalue weighted by Gasteiger charge is -2.13. The molecule has 0 aliphatic carbocycles. The number of para-hydroxylation sites is 1. The van der Waals surface area contributed by atoms with E-state index < -0.39 is 16.7 Å². The van der Waals surface area contributed by atoms with Crippen LogP contribution in [-0.2, 0) is 4.79 Å². The van der Waals surface area contributed by atoms with Gasteiger partial charge in [0, 0.05) is 12.5 Å². The second kappa shape index (κ2) is 5.17. The lowest BCUT2D eigenvalue weighted by molar-refractivity contribution is -0.385. The van der Waals surface area contributed by atoms with Crippen LogP contribution in [0.1, 0.15) is 23.7 Å². The van der Waals surface area contributed by atoms with Crippen LogP contribution in [0.25, 0.3) is 0 Å². The Balaban J connectivity index is 3.12. The molecule has 0 heterocycles. The summed E-state index contributed by atoms with van der Waals surface area (Å²) in [6, 6.07) is 5.32. The van der Waals surface area contributed by atoms with E-state index in [-0.39, 0.29) is 17.7 Å². The maximum atomic E-state index is 11.7. The summed E-state index contributed by atoms with van der Waals surface area (Å²) < 4.78 is 0. The third kappa shape index (κ3) is 2.64. The third-order valence-electron chi connectivity index (χ3n) is 2.12. The second-order valence-corrected chi connectivity index (χ2v) is 3.20. The van der Waals surface area contributed by atoms with E-state index in [0.717, 1.165) is 0 Å². The third-order valence-corrected chi connectivity index (χ3v) is 2.12. The van der Waals surface area contributed by atoms with Gasteiger partial charge < -0.3 is 0 Å². The summed E-state index contributed by atoms with van der Waals surface area (Å²) in [6.45, 7) is 1.54. The summed E-state index contributed by atoms with van der Waals surface area (Å²) in [6.07, 6.45) is 0.0445. The van der Waals surface area contributed by atoms with Gasteiger partial charge >= 0.3 is 0 Å². The number of nitro groups is 1. The number of hydrogen-bond donors (Lipinski definition) is 1. The van der Waals surface area contributed by atoms with Crippen LogP contribution in [0, 0.1) is 10.1 Å². The number of carbonyl (C=O) groups is 2. The van der Waals surface area contributed by atoms with Gasteiger partial charge in [-0.1, -0.05) is 19.1 Å². The molecule has 2 amide bonds. The number of hydrogen-bond acceptors (Lipinski definition) is 5. The van der Waals surface area contributed by atoms with Crippen LogP contribution in [0.2, 0.25) is 0 Å². The van der Waals surface area contributed by atoms with E-state index in [0.29, 0.717) is 5.01 Å². The van der Waals surface area contributed by atoms with Crippen molar-refractivity contribution in [1.82, 2.24) is 5.01 Å². The summed E-state index contributed by atoms with van der Waals surface area (Å²) in [5.74, 6) is 3.80. The SMILES string of the molecule is CCC(=O)N(N)C(=O)c1ccccc1[N+](=O)[O-]. The molecule has 1 aromatic rings. The Morgan fingerprint density at radius 3 is 2.53 bits per heavy atom. The van der Waals surface area contributed by atoms with E-state index in [2.05, 4.69) is 0 Å². The van der Waals surface area contributed by atoms with Crippen molar-refractivity contribution >= 4 is 17.5 Å². The van der Waals surface area contributed by atoms with Crippen molar-refractivity contribution in [3.63, 3.8) is 0 Å². The van der Waals surface area contributed by atoms with Crippen LogP contribution < -0.4 is 5.84 Å². The fourth-order valence-electron chi connectivity index (χ4n) is 1.23. The highest BCUT2D eigenvalue weighted by Crippen LogP contribution is 2.18. The van der Waals surface area contributed by atoms with Crippen molar-refractivity contribution < 1.29 is 14.5 Å². The molecule has 0 fully saturated rings. The van der Waals surface area contributed by atoms with Gasteiger partial charge in [0.15, 0.2) is 0 Å². The minimum atomic E-state index is -0.885. The van der Waals surface area contributed by atoms with Crippen molar-refractivity contribution in [2.24, 2.45) is 5.84 Å². The highest BCUT2D eigenvalue weighted by molar-refractivity contribution is 6.06. The van der Waals surface area contributed by atoms with Crippen LogP contribution in [0.4, 0.5) is 5.69 Å². The molecule has 90 valence electrons. The van der Waals surface area contributed by atoms with Gasteiger partial charge in [0.05, 0.1) is 4.92 Å². The van der Waals surface area contributed by atoms with Crippen LogP contribution in [0.3, 0.4) is 0 Å². The first kappa shape index (κ1) is 12.8. The monoisotopic (exact) mass is 237 g/mol. The number of imide groups is 1. The number of amides is 2. The minimum absolute atomic E-state index is 0.0445. The Morgan fingerprint density at radius 1 is 1.41 bits per heavy atom. The number of rotatable bonds is 3. The fourth-order valence-corrected chi connectivity index (χ4v) is 1.23. The Bertz CT molecular complexity index is 472. The Hall–Kier alpha value is -2.28. The summed E-state index contributed by atoms with van der Waals surface area (Å²) in [5.41, 5.74) is -0.585. The zero-order chi connectivity index (χ0) is 13.0. The zero-order valence-electron chi connectivity index (χ0n) is 9.12. The largest absolute Gasteiger partial charge is 0.282 e. The molecule has 0 unspecified atom stereocenters. The summed E-state index contributed by atoms with van der Waals surface area (Å²) in [4.78, 5) is 33.0. The van der Waals surface area contributed by atoms with E-state index >= 15 is 0 Å². The number of carbonyl (C=O) groups excluding carboxylic acids is 2. The van der Waals surface area contributed by atoms with Crippen LogP contribution >= 0.6 is 0 Å². The number of hydrazine groups is 1. The van der Waals surface area contributed by atoms with Crippen molar-refractivity contribution in [2.75, 3.05) is 0 Å². The minimum Gasteiger partial charge on any atom is -0.273 e. The van der Waals surface area contributed by atoms with Crippen LogP contribution in [0.15, 0.2) is 24.3 Å². The van der Waals surface area contributed by atoms with E-state index in [4.69, 9.17) is 5.84 Å². The van der Waals surface area contributed by atoms with Crippen molar-refractivity contribution in [3.05, 3.63) is 39.9 Å². The normalized spacial score (nSPS) is 9.76. The molecule has 2 N–H and O–H groups in total. The lowest BCUT2D eigenvalue weighted by Crippen LogP contribution is -2.42. The van der Waals surface area contributed by atoms with E-state index in [1.807, 2.05) is 0 Å². The average Bonchev–Trinajstić information content (AvgIpc) is 2.35. The zero-order valence-corrected chi connectivity index (χ0v) is 9.12. The number of nitro benzene ring substituents is 1. The Morgan fingerprint density at radius 2 is 2.00 bits per heavy atom. The van der Waals surface area contributed by atoms with Gasteiger partial charge in [-0.3, -0.25) is 19.7 Å². The lowest BCUT2D eigenvalue weighted by atomic mass is 10.1. The smallest absolute Gasteiger partial charge is 0.273 e. The molecule has 0 aliphatic heterocycles. The molecule has 0 bridgehead atoms. The molecule has 0 spiro atoms. The highest BCUT2D eigenvalue weighted by Gasteiger charge is 2.25. The first-order valence-corrected chi connectivity index (χ1v) is 4.84. The Labute approximate surface area is 96.9 Å². The maximum Gasteiger partial charge on any atom is 0.282 e. The molecule has 1 aromatic carbocycles. The molecule has 0 aliphatic rings. The predicted octanol–water partition coefficient (Wildman–Crippen LogP) is 0.847. The summed E-state index contributed by atoms with van der Waals surface area (Å²) in [5, 5.41) is 11.1. The summed E-state index contributed by atoms with van der Waals surface area (Å²) in [7, 11) is 0. The first-order valence-electron chi connectivity index (χ1n) is 4.84. The van der Waals surface area contributed by atoms with Gasteiger partial charge in [0.1, 0.15) is 5.56 Å². The standard InChI is InChI=1S/C10H11N3O4/c1-2-9(14)12(11)10(15)7-5-3-4-6-8(7)13(16)17/h3-6H,2,11H2,1H3. The van der Waals surface area contributed by atoms with Crippen LogP contribution in [0.5, 0.6) is 0 Å². The van der Waals surface area contributed by atoms with Gasteiger partial charge in [0.25, 0.3) is 11.6 Å². The molecule has 0 radical (unpaired) electrons. The maximum absolute atomic E-state index is 11.7. The first-order chi connectivity index (χ1) is 7.99. The van der Waals surface area contributed by atoms with E-state index in [1.54, 1.807) is 0 Å². The van der Waals surface area contributed by atoms with E-state index in [9.17, 15) is 19.7 Å². The molecular formula is C10H11N3O4. The molecule has 7 nitrogen and oxygen atoms in total. The molecule has 0 atom stereocenters. The number of nitrogens with two attached hydrogens (primary N) is 1. The molecule has 0 saturated heterocycles. The highest BCUT2D eigenvalue weighted by atomic mass is 16.6. The summed E-state index contributed by atoms with van der Waals surface area (Å²) >= 11 is 0. The fraction of sp³-hybridized carbons (Fsp3) is 0.200. The van der Waals surface area contributed by atoms with Gasteiger partial charge in [-0.25, -0.2) is 10.9 Å². The molecule has 0 aromatic heterocycles. The topological polar surface area (TPSA) is 107 Å². The quantitative estimate of drug-likeness (QED) is 0.363. The molecule has 17 heavy (non-hydrogen) atoms. The van der Waals surface area contributed by atoms with Crippen LogP contribution in [-0.4, -0.2) is 21.7 Å². The Kier molecular flexibility index (Phi) is 3.89. The molecule has 1 rings (SSSR count).